The Labute approximate surface area is 333 Å². The number of rotatable bonds is 11. The second-order valence-electron chi connectivity index (χ2n) is 15.1. The lowest BCUT2D eigenvalue weighted by molar-refractivity contribution is -0.276. The molecule has 1 spiro atoms. The van der Waals surface area contributed by atoms with Crippen molar-refractivity contribution in [3.05, 3.63) is 156 Å². The number of aliphatic hydroxyl groups is 1. The van der Waals surface area contributed by atoms with Crippen LogP contribution in [-0.4, -0.2) is 59.9 Å². The van der Waals surface area contributed by atoms with Gasteiger partial charge in [-0.3, -0.25) is 4.79 Å². The second-order valence-corrected chi connectivity index (χ2v) is 15.1. The Kier molecular flexibility index (Phi) is 11.5. The molecule has 3 aliphatic heterocycles. The number of piperidine rings is 1. The van der Waals surface area contributed by atoms with E-state index in [-0.39, 0.29) is 36.7 Å². The van der Waals surface area contributed by atoms with Crippen LogP contribution in [0.3, 0.4) is 0 Å². The van der Waals surface area contributed by atoms with Gasteiger partial charge in [0.15, 0.2) is 6.29 Å². The van der Waals surface area contributed by atoms with Crippen molar-refractivity contribution in [2.75, 3.05) is 36.5 Å². The number of nitrogens with zero attached hydrogens (tertiary/aromatic N) is 2. The van der Waals surface area contributed by atoms with Gasteiger partial charge in [0.2, 0.25) is 5.91 Å². The number of hydrogen-bond acceptors (Lipinski definition) is 8. The number of carbonyl (C=O) groups excluding carboxylic acids is 2. The highest BCUT2D eigenvalue weighted by Gasteiger charge is 2.51. The summed E-state index contributed by atoms with van der Waals surface area (Å²) in [5.74, 6) is 1.56. The summed E-state index contributed by atoms with van der Waals surface area (Å²) in [6.07, 6.45) is 0.454. The molecule has 5 aromatic rings. The minimum Gasteiger partial charge on any atom is -0.457 e. The number of carbonyl (C=O) groups is 2. The zero-order valence-electron chi connectivity index (χ0n) is 32.1. The highest BCUT2D eigenvalue weighted by Crippen LogP contribution is 2.43. The maximum atomic E-state index is 13.3. The van der Waals surface area contributed by atoms with Gasteiger partial charge in [-0.05, 0) is 78.1 Å². The van der Waals surface area contributed by atoms with Crippen LogP contribution < -0.4 is 25.6 Å². The first kappa shape index (κ1) is 38.2. The maximum absolute atomic E-state index is 13.3. The van der Waals surface area contributed by atoms with Crippen molar-refractivity contribution in [1.82, 2.24) is 15.5 Å². The lowest BCUT2D eigenvalue weighted by Gasteiger charge is -2.46. The Morgan fingerprint density at radius 1 is 0.807 bits per heavy atom. The Morgan fingerprint density at radius 3 is 2.12 bits per heavy atom. The molecule has 11 nitrogen and oxygen atoms in total. The third-order valence-corrected chi connectivity index (χ3v) is 11.4. The van der Waals surface area contributed by atoms with Gasteiger partial charge in [0, 0.05) is 49.0 Å². The van der Waals surface area contributed by atoms with Crippen LogP contribution in [0, 0.1) is 5.92 Å². The fourth-order valence-corrected chi connectivity index (χ4v) is 8.10. The highest BCUT2D eigenvalue weighted by molar-refractivity contribution is 5.93. The second kappa shape index (κ2) is 17.2. The molecule has 0 radical (unpaired) electrons. The molecule has 11 heteroatoms. The number of hydrogen-bond donors (Lipinski definition) is 4. The molecule has 57 heavy (non-hydrogen) atoms. The average Bonchev–Trinajstić information content (AvgIpc) is 3.57. The molecule has 0 aliphatic carbocycles. The van der Waals surface area contributed by atoms with Crippen LogP contribution in [0.15, 0.2) is 133 Å². The maximum Gasteiger partial charge on any atom is 0.319 e. The van der Waals surface area contributed by atoms with E-state index in [0.29, 0.717) is 31.2 Å². The van der Waals surface area contributed by atoms with Gasteiger partial charge in [0.1, 0.15) is 17.0 Å². The Hall–Kier alpha value is -5.72. The Balaban J connectivity index is 0.902. The first-order valence-electron chi connectivity index (χ1n) is 19.7. The number of ether oxygens (including phenoxy) is 3. The molecule has 294 valence electrons. The summed E-state index contributed by atoms with van der Waals surface area (Å²) >= 11 is 0. The molecule has 4 unspecified atom stereocenters. The van der Waals surface area contributed by atoms with Crippen molar-refractivity contribution in [1.29, 1.82) is 0 Å². The molecule has 8 rings (SSSR count). The highest BCUT2D eigenvalue weighted by atomic mass is 16.7. The summed E-state index contributed by atoms with van der Waals surface area (Å²) < 4.78 is 19.3. The summed E-state index contributed by atoms with van der Waals surface area (Å²) in [6.45, 7) is 5.25. The predicted octanol–water partition coefficient (Wildman–Crippen LogP) is 7.51. The summed E-state index contributed by atoms with van der Waals surface area (Å²) in [6, 6.07) is 42.5. The number of benzene rings is 5. The molecule has 4 atom stereocenters. The SMILES string of the molecule is CC1C(CN2CCC3(CC2)C(=O)NCN3c2ccccc2)OC(c2ccc(CNC(=O)Nc3ccc(Oc4ccccc4)cc3)cc2)OC1c1ccc(CO)cc1. The minimum atomic E-state index is -0.613. The summed E-state index contributed by atoms with van der Waals surface area (Å²) in [5.41, 5.74) is 4.85. The normalized spacial score (nSPS) is 21.9. The van der Waals surface area contributed by atoms with E-state index in [0.717, 1.165) is 59.6 Å². The van der Waals surface area contributed by atoms with Gasteiger partial charge < -0.3 is 45.1 Å². The van der Waals surface area contributed by atoms with E-state index in [1.165, 1.54) is 0 Å². The zero-order valence-corrected chi connectivity index (χ0v) is 32.1. The fraction of sp³-hybridized carbons (Fsp3) is 0.304. The lowest BCUT2D eigenvalue weighted by Crippen LogP contribution is -2.57. The molecule has 3 fully saturated rings. The van der Waals surface area contributed by atoms with E-state index in [9.17, 15) is 14.7 Å². The van der Waals surface area contributed by atoms with Crippen molar-refractivity contribution < 1.29 is 28.9 Å². The number of anilines is 2. The molecule has 0 aromatic heterocycles. The van der Waals surface area contributed by atoms with E-state index >= 15 is 0 Å². The predicted molar refractivity (Wildman–Crippen MR) is 219 cm³/mol. The van der Waals surface area contributed by atoms with Crippen molar-refractivity contribution in [2.24, 2.45) is 5.92 Å². The third-order valence-electron chi connectivity index (χ3n) is 11.4. The topological polar surface area (TPSA) is 125 Å². The van der Waals surface area contributed by atoms with Crippen LogP contribution in [0.5, 0.6) is 11.5 Å². The monoisotopic (exact) mass is 767 g/mol. The molecule has 0 bridgehead atoms. The Morgan fingerprint density at radius 2 is 1.44 bits per heavy atom. The molecule has 4 N–H and O–H groups in total. The average molecular weight is 768 g/mol. The van der Waals surface area contributed by atoms with Crippen LogP contribution in [0.25, 0.3) is 0 Å². The van der Waals surface area contributed by atoms with Crippen LogP contribution >= 0.6 is 0 Å². The summed E-state index contributed by atoms with van der Waals surface area (Å²) in [4.78, 5) is 30.7. The molecule has 3 aliphatic rings. The number of aliphatic hydroxyl groups excluding tert-OH is 1. The smallest absolute Gasteiger partial charge is 0.319 e. The number of para-hydroxylation sites is 2. The van der Waals surface area contributed by atoms with E-state index < -0.39 is 11.8 Å². The van der Waals surface area contributed by atoms with Gasteiger partial charge in [-0.2, -0.15) is 0 Å². The van der Waals surface area contributed by atoms with E-state index in [2.05, 4.69) is 44.8 Å². The first-order valence-corrected chi connectivity index (χ1v) is 19.7. The fourth-order valence-electron chi connectivity index (χ4n) is 8.10. The van der Waals surface area contributed by atoms with E-state index in [1.807, 2.05) is 109 Å². The first-order chi connectivity index (χ1) is 27.9. The lowest BCUT2D eigenvalue weighted by atomic mass is 9.84. The molecular formula is C46H49N5O6. The molecule has 5 aromatic carbocycles. The van der Waals surface area contributed by atoms with Crippen molar-refractivity contribution >= 4 is 23.3 Å². The van der Waals surface area contributed by atoms with Crippen molar-refractivity contribution in [2.45, 2.75) is 57.0 Å². The van der Waals surface area contributed by atoms with Crippen LogP contribution in [0.2, 0.25) is 0 Å². The third kappa shape index (κ3) is 8.67. The molecule has 3 heterocycles. The van der Waals surface area contributed by atoms with Crippen LogP contribution in [-0.2, 0) is 27.4 Å². The van der Waals surface area contributed by atoms with Gasteiger partial charge in [-0.1, -0.05) is 91.9 Å². The van der Waals surface area contributed by atoms with Crippen LogP contribution in [0.1, 0.15) is 54.4 Å². The van der Waals surface area contributed by atoms with Gasteiger partial charge in [0.25, 0.3) is 0 Å². The number of amides is 3. The van der Waals surface area contributed by atoms with Crippen molar-refractivity contribution in [3.63, 3.8) is 0 Å². The number of urea groups is 1. The number of nitrogens with one attached hydrogen (secondary N) is 3. The molecule has 3 amide bonds. The van der Waals surface area contributed by atoms with Gasteiger partial charge >= 0.3 is 6.03 Å². The van der Waals surface area contributed by atoms with E-state index in [1.54, 1.807) is 12.1 Å². The van der Waals surface area contributed by atoms with E-state index in [4.69, 9.17) is 14.2 Å². The minimum absolute atomic E-state index is 0.0214. The molecule has 0 saturated carbocycles. The Bertz CT molecular complexity index is 2090. The quantitative estimate of drug-likeness (QED) is 0.109. The van der Waals surface area contributed by atoms with Crippen LogP contribution in [0.4, 0.5) is 16.2 Å². The largest absolute Gasteiger partial charge is 0.457 e. The molecule has 3 saturated heterocycles. The summed E-state index contributed by atoms with van der Waals surface area (Å²) in [7, 11) is 0. The van der Waals surface area contributed by atoms with Crippen molar-refractivity contribution in [3.8, 4) is 11.5 Å². The van der Waals surface area contributed by atoms with Gasteiger partial charge in [-0.15, -0.1) is 0 Å². The zero-order chi connectivity index (χ0) is 39.2. The molecular weight excluding hydrogens is 719 g/mol. The number of likely N-dealkylation sites (tertiary alicyclic amines) is 1. The standard InChI is InChI=1S/C46H49N5O6/c1-32-41(29-50-26-24-46(25-27-50)44(53)48-31-51(46)38-8-4-2-5-9-38)56-43(57-42(32)35-16-14-34(30-52)15-17-35)36-18-12-33(13-19-36)28-47-45(54)49-37-20-22-40(23-21-37)55-39-10-6-3-7-11-39/h2-23,32,41-43,52H,24-31H2,1H3,(H,48,53)(H2,47,49,54). The van der Waals surface area contributed by atoms with Gasteiger partial charge in [0.05, 0.1) is 25.5 Å². The summed E-state index contributed by atoms with van der Waals surface area (Å²) in [5, 5.41) is 18.6. The van der Waals surface area contributed by atoms with Gasteiger partial charge in [-0.25, -0.2) is 4.79 Å².